The fourth-order valence-electron chi connectivity index (χ4n) is 1.07. The van der Waals surface area contributed by atoms with E-state index in [4.69, 9.17) is 15.9 Å². The number of aliphatic imine (C=N–C) groups is 1. The molecule has 0 radical (unpaired) electrons. The molecule has 1 aromatic rings. The summed E-state index contributed by atoms with van der Waals surface area (Å²) in [5.74, 6) is -1.82. The zero-order valence-electron chi connectivity index (χ0n) is 9.18. The summed E-state index contributed by atoms with van der Waals surface area (Å²) in [5, 5.41) is 15.9. The van der Waals surface area contributed by atoms with Crippen LogP contribution in [-0.4, -0.2) is 51.4 Å². The number of rotatable bonds is 2. The molecular weight excluding hydrogens is 242 g/mol. The Morgan fingerprint density at radius 2 is 2.17 bits per heavy atom. The number of carboxylic acid groups (broad SMARTS) is 1. The summed E-state index contributed by atoms with van der Waals surface area (Å²) in [6.07, 6.45) is 2.57. The van der Waals surface area contributed by atoms with E-state index in [-0.39, 0.29) is 11.8 Å². The lowest BCUT2D eigenvalue weighted by molar-refractivity contribution is -0.139. The lowest BCUT2D eigenvalue weighted by Gasteiger charge is -2.04. The van der Waals surface area contributed by atoms with Crippen molar-refractivity contribution in [2.45, 2.75) is 6.04 Å². The van der Waals surface area contributed by atoms with Crippen LogP contribution < -0.4 is 5.73 Å². The largest absolute Gasteiger partial charge is 0.480 e. The monoisotopic (exact) mass is 253 g/mol. The molecule has 0 aliphatic carbocycles. The van der Waals surface area contributed by atoms with E-state index in [1.54, 1.807) is 18.3 Å². The highest BCUT2D eigenvalue weighted by atomic mass is 16.4. The van der Waals surface area contributed by atoms with E-state index in [1.165, 1.54) is 4.57 Å². The Bertz CT molecular complexity index is 473. The maximum Gasteiger partial charge on any atom is 0.322 e. The quantitative estimate of drug-likeness (QED) is 0.602. The van der Waals surface area contributed by atoms with Crippen LogP contribution in [-0.2, 0) is 4.79 Å². The van der Waals surface area contributed by atoms with Crippen molar-refractivity contribution >= 4 is 24.0 Å². The van der Waals surface area contributed by atoms with Crippen molar-refractivity contribution < 1.29 is 24.6 Å². The van der Waals surface area contributed by atoms with E-state index in [1.807, 2.05) is 0 Å². The molecule has 1 unspecified atom stereocenters. The van der Waals surface area contributed by atoms with Gasteiger partial charge in [-0.2, -0.15) is 0 Å². The normalized spacial score (nSPS) is 14.6. The highest BCUT2D eigenvalue weighted by Gasteiger charge is 2.17. The topological polar surface area (TPSA) is 135 Å². The molecule has 0 spiro atoms. The average molecular weight is 253 g/mol. The molecule has 0 bridgehead atoms. The van der Waals surface area contributed by atoms with Crippen LogP contribution in [0, 0.1) is 0 Å². The number of amides is 1. The second-order valence-corrected chi connectivity index (χ2v) is 3.29. The summed E-state index contributed by atoms with van der Waals surface area (Å²) in [6.45, 7) is -0.505. The van der Waals surface area contributed by atoms with Crippen LogP contribution in [0.4, 0.5) is 0 Å². The molecule has 4 N–H and O–H groups in total. The summed E-state index contributed by atoms with van der Waals surface area (Å²) in [5.41, 5.74) is 5.10. The van der Waals surface area contributed by atoms with Crippen LogP contribution in [0.3, 0.4) is 0 Å². The molecular formula is C10H11N3O5. The number of carbonyl (C=O) groups excluding carboxylic acids is 2. The third-order valence-corrected chi connectivity index (χ3v) is 2.01. The zero-order valence-corrected chi connectivity index (χ0v) is 9.18. The molecule has 1 aliphatic heterocycles. The van der Waals surface area contributed by atoms with Crippen LogP contribution in [0.2, 0.25) is 0 Å². The van der Waals surface area contributed by atoms with Crippen molar-refractivity contribution in [1.29, 1.82) is 0 Å². The van der Waals surface area contributed by atoms with Crippen LogP contribution in [0.5, 0.6) is 0 Å². The summed E-state index contributed by atoms with van der Waals surface area (Å²) >= 11 is 0. The lowest BCUT2D eigenvalue weighted by Crippen LogP contribution is -2.33. The Balaban J connectivity index is 0.000000203. The predicted molar refractivity (Wildman–Crippen MR) is 60.6 cm³/mol. The summed E-state index contributed by atoms with van der Waals surface area (Å²) in [7, 11) is 0. The summed E-state index contributed by atoms with van der Waals surface area (Å²) in [4.78, 5) is 34.9. The van der Waals surface area contributed by atoms with Gasteiger partial charge >= 0.3 is 5.97 Å². The van der Waals surface area contributed by atoms with Gasteiger partial charge in [-0.05, 0) is 12.1 Å². The number of hydrogen-bond donors (Lipinski definition) is 3. The van der Waals surface area contributed by atoms with Gasteiger partial charge in [0.15, 0.2) is 0 Å². The molecule has 96 valence electrons. The maximum absolute atomic E-state index is 11.0. The van der Waals surface area contributed by atoms with Crippen molar-refractivity contribution in [2.24, 2.45) is 10.7 Å². The third-order valence-electron chi connectivity index (χ3n) is 2.01. The number of aliphatic hydroxyl groups is 1. The lowest BCUT2D eigenvalue weighted by atomic mass is 10.3. The molecule has 1 aliphatic rings. The minimum atomic E-state index is -1.18. The number of carbonyl (C=O) groups is 3. The van der Waals surface area contributed by atoms with Crippen molar-refractivity contribution in [2.75, 3.05) is 6.61 Å². The number of nitrogens with zero attached hydrogens (tertiary/aromatic N) is 2. The zero-order chi connectivity index (χ0) is 13.7. The highest BCUT2D eigenvalue weighted by molar-refractivity contribution is 6.32. The van der Waals surface area contributed by atoms with E-state index < -0.39 is 18.6 Å². The van der Waals surface area contributed by atoms with Gasteiger partial charge in [0.2, 0.25) is 0 Å². The van der Waals surface area contributed by atoms with E-state index in [2.05, 4.69) is 4.99 Å². The first-order valence-corrected chi connectivity index (χ1v) is 4.86. The maximum atomic E-state index is 11.0. The smallest absolute Gasteiger partial charge is 0.322 e. The molecule has 2 heterocycles. The molecule has 0 fully saturated rings. The number of aliphatic hydroxyl groups excluding tert-OH is 1. The molecule has 8 nitrogen and oxygen atoms in total. The van der Waals surface area contributed by atoms with Gasteiger partial charge in [-0.25, -0.2) is 4.99 Å². The number of aliphatic carboxylic acids is 1. The number of carboxylic acids is 1. The van der Waals surface area contributed by atoms with E-state index in [0.717, 1.165) is 6.21 Å². The molecule has 1 amide bonds. The van der Waals surface area contributed by atoms with E-state index in [0.29, 0.717) is 5.69 Å². The highest BCUT2D eigenvalue weighted by Crippen LogP contribution is 2.06. The minimum absolute atomic E-state index is 0.274. The molecule has 18 heavy (non-hydrogen) atoms. The molecule has 1 atom stereocenters. The Hall–Kier alpha value is -2.32. The Morgan fingerprint density at radius 1 is 1.50 bits per heavy atom. The molecule has 0 saturated heterocycles. The van der Waals surface area contributed by atoms with Crippen LogP contribution in [0.1, 0.15) is 15.3 Å². The Kier molecular flexibility index (Phi) is 4.46. The van der Waals surface area contributed by atoms with E-state index >= 15 is 0 Å². The fourth-order valence-corrected chi connectivity index (χ4v) is 1.07. The molecule has 2 rings (SSSR count). The average Bonchev–Trinajstić information content (AvgIpc) is 2.84. The van der Waals surface area contributed by atoms with Gasteiger partial charge in [0.1, 0.15) is 11.7 Å². The number of fused-ring (bicyclic) bond motifs is 1. The van der Waals surface area contributed by atoms with Crippen molar-refractivity contribution in [1.82, 2.24) is 4.57 Å². The standard InChI is InChI=1S/C7H4N2O2.C3H7NO3/c10-6-4-8-7(11)5-2-1-3-9(5)6;4-2(1-5)3(6)7/h1-4H;2,5H,1,4H2,(H,6,7). The van der Waals surface area contributed by atoms with Gasteiger partial charge in [0.05, 0.1) is 12.8 Å². The van der Waals surface area contributed by atoms with Crippen LogP contribution >= 0.6 is 0 Å². The van der Waals surface area contributed by atoms with Gasteiger partial charge in [-0.3, -0.25) is 19.0 Å². The minimum Gasteiger partial charge on any atom is -0.480 e. The first kappa shape index (κ1) is 13.7. The molecule has 0 aromatic carbocycles. The second kappa shape index (κ2) is 5.84. The van der Waals surface area contributed by atoms with Crippen molar-refractivity contribution in [3.8, 4) is 0 Å². The predicted octanol–water partition coefficient (Wildman–Crippen LogP) is -1.26. The van der Waals surface area contributed by atoms with Gasteiger partial charge in [-0.1, -0.05) is 0 Å². The number of hydrogen-bond acceptors (Lipinski definition) is 5. The van der Waals surface area contributed by atoms with Crippen LogP contribution in [0.15, 0.2) is 23.3 Å². The second-order valence-electron chi connectivity index (χ2n) is 3.29. The van der Waals surface area contributed by atoms with Crippen LogP contribution in [0.25, 0.3) is 0 Å². The van der Waals surface area contributed by atoms with Crippen molar-refractivity contribution in [3.63, 3.8) is 0 Å². The number of aromatic nitrogens is 1. The van der Waals surface area contributed by atoms with Gasteiger partial charge < -0.3 is 15.9 Å². The van der Waals surface area contributed by atoms with E-state index in [9.17, 15) is 14.4 Å². The third kappa shape index (κ3) is 3.09. The van der Waals surface area contributed by atoms with Gasteiger partial charge in [-0.15, -0.1) is 0 Å². The first-order valence-electron chi connectivity index (χ1n) is 4.86. The van der Waals surface area contributed by atoms with Gasteiger partial charge in [0, 0.05) is 6.20 Å². The first-order chi connectivity index (χ1) is 8.47. The Morgan fingerprint density at radius 3 is 2.61 bits per heavy atom. The number of nitrogens with two attached hydrogens (primary N) is 1. The van der Waals surface area contributed by atoms with Crippen molar-refractivity contribution in [3.05, 3.63) is 24.0 Å². The molecule has 8 heteroatoms. The summed E-state index contributed by atoms with van der Waals surface area (Å²) < 4.78 is 1.27. The molecule has 1 aromatic heterocycles. The SMILES string of the molecule is NC(CO)C(=O)O.O=C1N=CC(=O)n2cccc21. The summed E-state index contributed by atoms with van der Waals surface area (Å²) in [6, 6.07) is 2.08. The Labute approximate surface area is 101 Å². The fraction of sp³-hybridized carbons (Fsp3) is 0.200. The molecule has 0 saturated carbocycles. The van der Waals surface area contributed by atoms with Gasteiger partial charge in [0.25, 0.3) is 11.8 Å².